The number of nitrogens with zero attached hydrogens (tertiary/aromatic N) is 3. The number of hydrogen-bond donors (Lipinski definition) is 4. The number of carbonyl (C=O) groups is 1. The van der Waals surface area contributed by atoms with Crippen LogP contribution in [0.25, 0.3) is 22.4 Å². The second-order valence-electron chi connectivity index (χ2n) is 7.50. The van der Waals surface area contributed by atoms with E-state index in [4.69, 9.17) is 5.14 Å². The molecule has 5 rings (SSSR count). The summed E-state index contributed by atoms with van der Waals surface area (Å²) in [7, 11) is -3.86. The third-order valence-corrected chi connectivity index (χ3v) is 6.13. The maximum absolute atomic E-state index is 11.9. The van der Waals surface area contributed by atoms with Crippen LogP contribution in [0, 0.1) is 0 Å². The van der Waals surface area contributed by atoms with Crippen LogP contribution in [0.4, 0.5) is 17.2 Å². The molecule has 0 saturated carbocycles. The molecule has 0 unspecified atom stereocenters. The molecular weight excluding hydrogens is 430 g/mol. The molecule has 0 fully saturated rings. The quantitative estimate of drug-likeness (QED) is 0.373. The van der Waals surface area contributed by atoms with Crippen molar-refractivity contribution in [2.45, 2.75) is 24.2 Å². The van der Waals surface area contributed by atoms with Crippen molar-refractivity contribution < 1.29 is 13.2 Å². The minimum atomic E-state index is -3.86. The average Bonchev–Trinajstić information content (AvgIpc) is 3.16. The first-order chi connectivity index (χ1) is 15.4. The lowest BCUT2D eigenvalue weighted by atomic mass is 10.1. The molecule has 11 heteroatoms. The van der Waals surface area contributed by atoms with E-state index < -0.39 is 10.0 Å². The number of aromatic nitrogens is 4. The zero-order valence-corrected chi connectivity index (χ0v) is 17.6. The SMILES string of the molecule is NS(=O)(=O)c1cccc(-c2nc(Nc3ccc4c(c3)NC(=O)CCC4)c3[nH]ncc3n2)c1. The number of H-pyrrole nitrogens is 1. The predicted molar refractivity (Wildman–Crippen MR) is 120 cm³/mol. The number of benzene rings is 2. The zero-order valence-electron chi connectivity index (χ0n) is 16.8. The van der Waals surface area contributed by atoms with E-state index in [1.54, 1.807) is 18.3 Å². The lowest BCUT2D eigenvalue weighted by Gasteiger charge is -2.12. The molecule has 5 N–H and O–H groups in total. The number of anilines is 3. The molecule has 2 aromatic carbocycles. The highest BCUT2D eigenvalue weighted by atomic mass is 32.2. The summed E-state index contributed by atoms with van der Waals surface area (Å²) < 4.78 is 23.5. The van der Waals surface area contributed by atoms with E-state index in [-0.39, 0.29) is 10.8 Å². The molecule has 32 heavy (non-hydrogen) atoms. The van der Waals surface area contributed by atoms with Gasteiger partial charge in [0.05, 0.1) is 11.1 Å². The van der Waals surface area contributed by atoms with E-state index in [2.05, 4.69) is 30.8 Å². The average molecular weight is 449 g/mol. The molecule has 0 atom stereocenters. The van der Waals surface area contributed by atoms with Gasteiger partial charge in [-0.15, -0.1) is 0 Å². The van der Waals surface area contributed by atoms with Crippen molar-refractivity contribution in [1.29, 1.82) is 0 Å². The molecule has 162 valence electrons. The van der Waals surface area contributed by atoms with E-state index >= 15 is 0 Å². The summed E-state index contributed by atoms with van der Waals surface area (Å²) in [6.07, 6.45) is 3.70. The summed E-state index contributed by atoms with van der Waals surface area (Å²) in [6.45, 7) is 0. The number of nitrogens with two attached hydrogens (primary N) is 1. The minimum Gasteiger partial charge on any atom is -0.338 e. The number of sulfonamides is 1. The van der Waals surface area contributed by atoms with Gasteiger partial charge in [0.15, 0.2) is 11.6 Å². The van der Waals surface area contributed by atoms with Crippen LogP contribution in [0.15, 0.2) is 53.6 Å². The standard InChI is InChI=1S/C21H19N7O3S/c22-32(30,31)15-5-1-4-13(9-15)20-26-17-11-23-28-19(17)21(27-20)24-14-8-7-12-3-2-6-18(29)25-16(12)10-14/h1,4-5,7-11H,2-3,6H2,(H,23,28)(H,25,29)(H2,22,30,31)(H,24,26,27). The zero-order chi connectivity index (χ0) is 22.3. The molecule has 0 saturated heterocycles. The summed E-state index contributed by atoms with van der Waals surface area (Å²) in [6, 6.07) is 11.9. The van der Waals surface area contributed by atoms with Gasteiger partial charge in [0.2, 0.25) is 15.9 Å². The van der Waals surface area contributed by atoms with Gasteiger partial charge in [0, 0.05) is 23.4 Å². The van der Waals surface area contributed by atoms with Gasteiger partial charge in [-0.3, -0.25) is 9.89 Å². The molecule has 1 amide bonds. The Bertz CT molecular complexity index is 1460. The highest BCUT2D eigenvalue weighted by Gasteiger charge is 2.16. The molecule has 1 aliphatic rings. The fourth-order valence-corrected chi connectivity index (χ4v) is 4.21. The summed E-state index contributed by atoms with van der Waals surface area (Å²) >= 11 is 0. The Morgan fingerprint density at radius 2 is 1.94 bits per heavy atom. The lowest BCUT2D eigenvalue weighted by Crippen LogP contribution is -2.12. The van der Waals surface area contributed by atoms with Crippen molar-refractivity contribution in [3.05, 3.63) is 54.2 Å². The number of carbonyl (C=O) groups excluding carboxylic acids is 1. The van der Waals surface area contributed by atoms with Crippen molar-refractivity contribution in [2.75, 3.05) is 10.6 Å². The van der Waals surface area contributed by atoms with Crippen LogP contribution < -0.4 is 15.8 Å². The van der Waals surface area contributed by atoms with E-state index in [1.807, 2.05) is 18.2 Å². The molecule has 3 heterocycles. The smallest absolute Gasteiger partial charge is 0.238 e. The highest BCUT2D eigenvalue weighted by molar-refractivity contribution is 7.89. The molecule has 0 bridgehead atoms. The minimum absolute atomic E-state index is 0.00378. The summed E-state index contributed by atoms with van der Waals surface area (Å²) in [5, 5.41) is 18.4. The Labute approximate surface area is 183 Å². The van der Waals surface area contributed by atoms with Crippen LogP contribution in [0.5, 0.6) is 0 Å². The first-order valence-electron chi connectivity index (χ1n) is 9.91. The van der Waals surface area contributed by atoms with Crippen LogP contribution in [-0.2, 0) is 21.2 Å². The monoisotopic (exact) mass is 449 g/mol. The summed E-state index contributed by atoms with van der Waals surface area (Å²) in [5.74, 6) is 0.772. The second kappa shape index (κ2) is 7.70. The number of nitrogens with one attached hydrogen (secondary N) is 3. The first-order valence-corrected chi connectivity index (χ1v) is 11.5. The second-order valence-corrected chi connectivity index (χ2v) is 9.06. The van der Waals surface area contributed by atoms with Crippen LogP contribution in [0.3, 0.4) is 0 Å². The fourth-order valence-electron chi connectivity index (χ4n) is 3.65. The van der Waals surface area contributed by atoms with Crippen molar-refractivity contribution >= 4 is 44.2 Å². The number of aryl methyl sites for hydroxylation is 1. The lowest BCUT2D eigenvalue weighted by molar-refractivity contribution is -0.116. The number of primary sulfonamides is 1. The number of fused-ring (bicyclic) bond motifs is 2. The van der Waals surface area contributed by atoms with Crippen LogP contribution in [0.1, 0.15) is 18.4 Å². The Hall–Kier alpha value is -3.83. The Morgan fingerprint density at radius 3 is 2.78 bits per heavy atom. The van der Waals surface area contributed by atoms with Gasteiger partial charge in [0.1, 0.15) is 11.0 Å². The third-order valence-electron chi connectivity index (χ3n) is 5.22. The van der Waals surface area contributed by atoms with Gasteiger partial charge in [-0.1, -0.05) is 18.2 Å². The molecule has 1 aliphatic heterocycles. The highest BCUT2D eigenvalue weighted by Crippen LogP contribution is 2.30. The largest absolute Gasteiger partial charge is 0.338 e. The molecule has 10 nitrogen and oxygen atoms in total. The maximum Gasteiger partial charge on any atom is 0.238 e. The van der Waals surface area contributed by atoms with Gasteiger partial charge in [-0.2, -0.15) is 5.10 Å². The van der Waals surface area contributed by atoms with Crippen molar-refractivity contribution in [2.24, 2.45) is 5.14 Å². The number of hydrogen-bond acceptors (Lipinski definition) is 7. The Kier molecular flexibility index (Phi) is 4.83. The molecule has 2 aromatic heterocycles. The van der Waals surface area contributed by atoms with E-state index in [9.17, 15) is 13.2 Å². The fraction of sp³-hybridized carbons (Fsp3) is 0.143. The van der Waals surface area contributed by atoms with Gasteiger partial charge < -0.3 is 10.6 Å². The summed E-state index contributed by atoms with van der Waals surface area (Å²) in [4.78, 5) is 21.0. The van der Waals surface area contributed by atoms with Crippen molar-refractivity contribution in [3.63, 3.8) is 0 Å². The van der Waals surface area contributed by atoms with Crippen LogP contribution in [-0.4, -0.2) is 34.5 Å². The molecule has 0 aliphatic carbocycles. The maximum atomic E-state index is 11.9. The van der Waals surface area contributed by atoms with E-state index in [1.165, 1.54) is 12.1 Å². The van der Waals surface area contributed by atoms with Crippen molar-refractivity contribution in [3.8, 4) is 11.4 Å². The number of amides is 1. The molecular formula is C21H19N7O3S. The Morgan fingerprint density at radius 1 is 1.06 bits per heavy atom. The van der Waals surface area contributed by atoms with Crippen molar-refractivity contribution in [1.82, 2.24) is 20.2 Å². The molecule has 4 aromatic rings. The predicted octanol–water partition coefficient (Wildman–Crippen LogP) is 2.69. The van der Waals surface area contributed by atoms with Gasteiger partial charge in [-0.25, -0.2) is 23.5 Å². The molecule has 0 radical (unpaired) electrons. The topological polar surface area (TPSA) is 156 Å². The normalized spacial score (nSPS) is 14.0. The van der Waals surface area contributed by atoms with Crippen LogP contribution >= 0.6 is 0 Å². The van der Waals surface area contributed by atoms with Gasteiger partial charge >= 0.3 is 0 Å². The number of aromatic amines is 1. The van der Waals surface area contributed by atoms with Crippen LogP contribution in [0.2, 0.25) is 0 Å². The Balaban J connectivity index is 1.56. The summed E-state index contributed by atoms with van der Waals surface area (Å²) in [5.41, 5.74) is 4.23. The third kappa shape index (κ3) is 3.90. The van der Waals surface area contributed by atoms with E-state index in [0.717, 1.165) is 29.8 Å². The number of rotatable bonds is 4. The molecule has 0 spiro atoms. The van der Waals surface area contributed by atoms with Gasteiger partial charge in [0.25, 0.3) is 0 Å². The van der Waals surface area contributed by atoms with Gasteiger partial charge in [-0.05, 0) is 42.7 Å². The first kappa shape index (κ1) is 20.1. The van der Waals surface area contributed by atoms with E-state index in [0.29, 0.717) is 34.7 Å².